The first kappa shape index (κ1) is 16.5. The van der Waals surface area contributed by atoms with Gasteiger partial charge in [-0.15, -0.1) is 0 Å². The van der Waals surface area contributed by atoms with Crippen LogP contribution >= 0.6 is 0 Å². The zero-order chi connectivity index (χ0) is 9.03. The van der Waals surface area contributed by atoms with Gasteiger partial charge in [0.05, 0.1) is 0 Å². The van der Waals surface area contributed by atoms with Crippen LogP contribution in [0, 0.1) is 12.8 Å². The Labute approximate surface area is 101 Å². The van der Waals surface area contributed by atoms with E-state index in [9.17, 15) is 4.79 Å². The van der Waals surface area contributed by atoms with Crippen molar-refractivity contribution in [1.29, 1.82) is 0 Å². The molecule has 0 atom stereocenters. The third-order valence-corrected chi connectivity index (χ3v) is 2.88. The number of hydrogen-bond donors (Lipinski definition) is 1. The van der Waals surface area contributed by atoms with Crippen LogP contribution in [0.25, 0.3) is 5.73 Å². The number of carbonyl (C=O) groups excluding carboxylic acids is 1. The van der Waals surface area contributed by atoms with Gasteiger partial charge in [-0.1, -0.05) is 19.3 Å². The topological polar surface area (TPSA) is 66.9 Å². The molecule has 0 aromatic heterocycles. The maximum atomic E-state index is 10.7. The predicted octanol–water partition coefficient (Wildman–Crippen LogP) is 2.31. The predicted molar refractivity (Wildman–Crippen MR) is 54.9 cm³/mol. The maximum absolute atomic E-state index is 10.7. The van der Waals surface area contributed by atoms with E-state index in [1.165, 1.54) is 19.3 Å². The van der Waals surface area contributed by atoms with Crippen LogP contribution in [-0.4, -0.2) is 12.5 Å². The van der Waals surface area contributed by atoms with Crippen molar-refractivity contribution in [3.05, 3.63) is 13.2 Å². The van der Waals surface area contributed by atoms with Crippen LogP contribution in [0.1, 0.15) is 38.5 Å². The van der Waals surface area contributed by atoms with E-state index in [-0.39, 0.29) is 33.9 Å². The number of hydrogen-bond acceptors (Lipinski definition) is 2. The molecule has 1 fully saturated rings. The van der Waals surface area contributed by atoms with Gasteiger partial charge in [0, 0.05) is 5.91 Å². The molecule has 0 unspecified atom stereocenters. The second-order valence-electron chi connectivity index (χ2n) is 3.86. The van der Waals surface area contributed by atoms with E-state index in [2.05, 4.69) is 0 Å². The Morgan fingerprint density at radius 3 is 2.14 bits per heavy atom. The monoisotopic (exact) mass is 368 g/mol. The smallest absolute Gasteiger partial charge is 0.668 e. The van der Waals surface area contributed by atoms with Crippen molar-refractivity contribution in [2.75, 3.05) is 6.54 Å². The van der Waals surface area contributed by atoms with Crippen LogP contribution in [-0.2, 0) is 25.9 Å². The van der Waals surface area contributed by atoms with Gasteiger partial charge in [-0.05, 0) is 31.2 Å². The Bertz CT molecular complexity index is 168. The summed E-state index contributed by atoms with van der Waals surface area (Å²) < 4.78 is 0. The van der Waals surface area contributed by atoms with E-state index in [4.69, 9.17) is 11.5 Å². The molecule has 0 aromatic carbocycles. The van der Waals surface area contributed by atoms with Gasteiger partial charge >= 0.3 is 21.1 Å². The zero-order valence-electron chi connectivity index (χ0n) is 8.84. The quantitative estimate of drug-likeness (QED) is 0.777. The Hall–Kier alpha value is 0.118. The summed E-state index contributed by atoms with van der Waals surface area (Å²) in [5.41, 5.74) is 12.6. The van der Waals surface area contributed by atoms with Crippen molar-refractivity contribution in [2.24, 2.45) is 11.1 Å². The fourth-order valence-electron chi connectivity index (χ4n) is 2.10. The molecular weight excluding hydrogens is 348 g/mol. The van der Waals surface area contributed by atoms with E-state index in [0.717, 1.165) is 12.8 Å². The molecule has 0 aliphatic heterocycles. The molecular formula is C10H20N2OW. The van der Waals surface area contributed by atoms with Gasteiger partial charge in [-0.3, -0.25) is 0 Å². The van der Waals surface area contributed by atoms with Crippen molar-refractivity contribution >= 4 is 5.91 Å². The molecule has 1 aliphatic carbocycles. The Morgan fingerprint density at radius 1 is 1.29 bits per heavy atom. The fraction of sp³-hybridized carbons (Fsp3) is 0.800. The minimum atomic E-state index is -0.456. The standard InChI is InChI=1S/C9H18N2O.CH3.W/c10-7-9(6-8(11)12)4-2-1-3-5-9;;/h1-7,10H2,(H2,11,12);1H3;/q;-1;+2/p-1. The van der Waals surface area contributed by atoms with Gasteiger partial charge in [0.1, 0.15) is 0 Å². The fourth-order valence-corrected chi connectivity index (χ4v) is 2.10. The van der Waals surface area contributed by atoms with Crippen molar-refractivity contribution in [2.45, 2.75) is 38.5 Å². The molecule has 1 amide bonds. The van der Waals surface area contributed by atoms with Gasteiger partial charge in [0.25, 0.3) is 0 Å². The third kappa shape index (κ3) is 4.56. The van der Waals surface area contributed by atoms with Gasteiger partial charge < -0.3 is 23.7 Å². The summed E-state index contributed by atoms with van der Waals surface area (Å²) >= 11 is 0. The van der Waals surface area contributed by atoms with Crippen molar-refractivity contribution < 1.29 is 25.9 Å². The van der Waals surface area contributed by atoms with Crippen LogP contribution in [0.4, 0.5) is 0 Å². The van der Waals surface area contributed by atoms with E-state index >= 15 is 0 Å². The Kier molecular flexibility index (Phi) is 8.76. The molecule has 82 valence electrons. The van der Waals surface area contributed by atoms with Crippen molar-refractivity contribution in [1.82, 2.24) is 0 Å². The first-order valence-corrected chi connectivity index (χ1v) is 4.63. The van der Waals surface area contributed by atoms with Gasteiger partial charge in [-0.25, -0.2) is 0 Å². The molecule has 0 heterocycles. The number of rotatable bonds is 3. The van der Waals surface area contributed by atoms with E-state index in [1.54, 1.807) is 0 Å². The molecule has 3 nitrogen and oxygen atoms in total. The first-order chi connectivity index (χ1) is 5.68. The van der Waals surface area contributed by atoms with Crippen molar-refractivity contribution in [3.8, 4) is 0 Å². The molecule has 14 heavy (non-hydrogen) atoms. The number of carbonyl (C=O) groups is 1. The summed E-state index contributed by atoms with van der Waals surface area (Å²) in [4.78, 5) is 10.7. The minimum absolute atomic E-state index is 0. The van der Waals surface area contributed by atoms with Crippen LogP contribution in [0.5, 0.6) is 0 Å². The molecule has 1 rings (SSSR count). The number of nitrogens with one attached hydrogen (secondary N) is 1. The summed E-state index contributed by atoms with van der Waals surface area (Å²) in [5.74, 6) is -0.456. The van der Waals surface area contributed by atoms with E-state index in [1.807, 2.05) is 0 Å². The zero-order valence-corrected chi connectivity index (χ0v) is 11.8. The van der Waals surface area contributed by atoms with Crippen LogP contribution < -0.4 is 5.73 Å². The summed E-state index contributed by atoms with van der Waals surface area (Å²) in [6.07, 6.45) is 6.04. The molecule has 4 heteroatoms. The number of amides is 1. The van der Waals surface area contributed by atoms with Gasteiger partial charge in [0.2, 0.25) is 0 Å². The van der Waals surface area contributed by atoms with Crippen LogP contribution in [0.15, 0.2) is 0 Å². The van der Waals surface area contributed by atoms with E-state index < -0.39 is 5.91 Å². The summed E-state index contributed by atoms with van der Waals surface area (Å²) in [7, 11) is 0. The summed E-state index contributed by atoms with van der Waals surface area (Å²) in [5, 5.41) is 0. The molecule has 0 aromatic rings. The second-order valence-corrected chi connectivity index (χ2v) is 3.86. The van der Waals surface area contributed by atoms with E-state index in [0.29, 0.717) is 13.0 Å². The van der Waals surface area contributed by atoms with Crippen LogP contribution in [0.3, 0.4) is 0 Å². The summed E-state index contributed by atoms with van der Waals surface area (Å²) in [6, 6.07) is 0. The average molecular weight is 368 g/mol. The average Bonchev–Trinajstić information content (AvgIpc) is 2.05. The normalized spacial score (nSPS) is 18.9. The SMILES string of the molecule is [CH3-].[NH-]C(=O)CC1(CN)CCCCC1.[W+2]. The molecule has 0 saturated heterocycles. The maximum Gasteiger partial charge on any atom is 2.00 e. The third-order valence-electron chi connectivity index (χ3n) is 2.88. The second kappa shape index (κ2) is 7.42. The molecule has 1 saturated carbocycles. The minimum Gasteiger partial charge on any atom is -0.668 e. The molecule has 1 aliphatic rings. The Morgan fingerprint density at radius 2 is 1.79 bits per heavy atom. The van der Waals surface area contributed by atoms with Crippen LogP contribution in [0.2, 0.25) is 0 Å². The largest absolute Gasteiger partial charge is 2.00 e. The van der Waals surface area contributed by atoms with Gasteiger partial charge in [0.15, 0.2) is 0 Å². The number of nitrogens with two attached hydrogens (primary N) is 1. The molecule has 0 radical (unpaired) electrons. The molecule has 0 bridgehead atoms. The Balaban J connectivity index is 0. The first-order valence-electron chi connectivity index (χ1n) is 4.63. The molecule has 0 spiro atoms. The molecule has 3 N–H and O–H groups in total. The van der Waals surface area contributed by atoms with Crippen molar-refractivity contribution in [3.63, 3.8) is 0 Å². The summed E-state index contributed by atoms with van der Waals surface area (Å²) in [6.45, 7) is 0.567. The van der Waals surface area contributed by atoms with Gasteiger partial charge in [-0.2, -0.15) is 0 Å².